The number of carbonyl (C=O) groups excluding carboxylic acids is 1. The maximum absolute atomic E-state index is 11.5. The Kier molecular flexibility index (Phi) is 3.25. The van der Waals surface area contributed by atoms with E-state index in [4.69, 9.17) is 4.74 Å². The molecule has 0 aliphatic carbocycles. The SMILES string of the molecule is COc1csc(C(=O)C=C(C)C)c1. The van der Waals surface area contributed by atoms with Crippen LogP contribution < -0.4 is 4.74 Å². The van der Waals surface area contributed by atoms with Crippen LogP contribution in [0.5, 0.6) is 5.75 Å². The summed E-state index contributed by atoms with van der Waals surface area (Å²) in [5, 5.41) is 1.83. The number of ketones is 1. The third kappa shape index (κ3) is 2.70. The van der Waals surface area contributed by atoms with Gasteiger partial charge < -0.3 is 4.74 Å². The molecule has 1 rings (SSSR count). The molecular weight excluding hydrogens is 184 g/mol. The molecule has 1 heterocycles. The normalized spacial score (nSPS) is 9.46. The van der Waals surface area contributed by atoms with Gasteiger partial charge in [0, 0.05) is 11.4 Å². The summed E-state index contributed by atoms with van der Waals surface area (Å²) in [6.07, 6.45) is 1.63. The van der Waals surface area contributed by atoms with E-state index in [0.29, 0.717) is 0 Å². The molecule has 0 saturated heterocycles. The van der Waals surface area contributed by atoms with E-state index in [1.807, 2.05) is 19.2 Å². The van der Waals surface area contributed by atoms with Crippen LogP contribution in [0.4, 0.5) is 0 Å². The summed E-state index contributed by atoms with van der Waals surface area (Å²) in [6.45, 7) is 3.81. The molecule has 0 bridgehead atoms. The molecule has 70 valence electrons. The lowest BCUT2D eigenvalue weighted by Crippen LogP contribution is -1.90. The van der Waals surface area contributed by atoms with E-state index in [0.717, 1.165) is 16.2 Å². The quantitative estimate of drug-likeness (QED) is 0.549. The molecule has 0 aliphatic heterocycles. The van der Waals surface area contributed by atoms with Crippen LogP contribution in [0.1, 0.15) is 23.5 Å². The highest BCUT2D eigenvalue weighted by molar-refractivity contribution is 7.12. The molecule has 0 amide bonds. The zero-order valence-electron chi connectivity index (χ0n) is 7.96. The van der Waals surface area contributed by atoms with Crippen LogP contribution in [0, 0.1) is 0 Å². The minimum absolute atomic E-state index is 0.0494. The maximum atomic E-state index is 11.5. The van der Waals surface area contributed by atoms with E-state index < -0.39 is 0 Å². The Hall–Kier alpha value is -1.09. The van der Waals surface area contributed by atoms with E-state index in [2.05, 4.69) is 0 Å². The number of rotatable bonds is 3. The molecule has 0 fully saturated rings. The van der Waals surface area contributed by atoms with E-state index in [1.54, 1.807) is 19.3 Å². The number of thiophene rings is 1. The maximum Gasteiger partial charge on any atom is 0.195 e. The predicted octanol–water partition coefficient (Wildman–Crippen LogP) is 2.91. The van der Waals surface area contributed by atoms with Crippen molar-refractivity contribution >= 4 is 17.1 Å². The van der Waals surface area contributed by atoms with Gasteiger partial charge in [-0.3, -0.25) is 4.79 Å². The van der Waals surface area contributed by atoms with Crippen molar-refractivity contribution in [1.29, 1.82) is 0 Å². The summed E-state index contributed by atoms with van der Waals surface area (Å²) in [5.74, 6) is 0.795. The lowest BCUT2D eigenvalue weighted by Gasteiger charge is -1.91. The van der Waals surface area contributed by atoms with Gasteiger partial charge in [0.15, 0.2) is 5.78 Å². The number of allylic oxidation sites excluding steroid dienone is 2. The van der Waals surface area contributed by atoms with Crippen LogP contribution in [0.25, 0.3) is 0 Å². The Labute approximate surface area is 81.8 Å². The molecule has 0 radical (unpaired) electrons. The zero-order chi connectivity index (χ0) is 9.84. The molecule has 1 aromatic rings. The first kappa shape index (κ1) is 9.99. The summed E-state index contributed by atoms with van der Waals surface area (Å²) in [5.41, 5.74) is 1.01. The van der Waals surface area contributed by atoms with Crippen molar-refractivity contribution in [2.75, 3.05) is 7.11 Å². The van der Waals surface area contributed by atoms with E-state index in [-0.39, 0.29) is 5.78 Å². The third-order valence-electron chi connectivity index (χ3n) is 1.47. The average molecular weight is 196 g/mol. The molecule has 0 aromatic carbocycles. The molecule has 1 aromatic heterocycles. The fraction of sp³-hybridized carbons (Fsp3) is 0.300. The fourth-order valence-corrected chi connectivity index (χ4v) is 1.66. The van der Waals surface area contributed by atoms with E-state index >= 15 is 0 Å². The first-order valence-corrected chi connectivity index (χ1v) is 4.83. The molecule has 0 saturated carbocycles. The Morgan fingerprint density at radius 1 is 1.54 bits per heavy atom. The van der Waals surface area contributed by atoms with Crippen molar-refractivity contribution in [1.82, 2.24) is 0 Å². The second-order valence-electron chi connectivity index (χ2n) is 2.94. The number of hydrogen-bond donors (Lipinski definition) is 0. The average Bonchev–Trinajstić information content (AvgIpc) is 2.50. The molecule has 0 aliphatic rings. The van der Waals surface area contributed by atoms with Crippen molar-refractivity contribution < 1.29 is 9.53 Å². The minimum Gasteiger partial charge on any atom is -0.496 e. The van der Waals surface area contributed by atoms with Crippen LogP contribution in [-0.2, 0) is 0 Å². The van der Waals surface area contributed by atoms with Crippen molar-refractivity contribution in [3.8, 4) is 5.75 Å². The van der Waals surface area contributed by atoms with Gasteiger partial charge in [-0.25, -0.2) is 0 Å². The highest BCUT2D eigenvalue weighted by Crippen LogP contribution is 2.21. The van der Waals surface area contributed by atoms with Gasteiger partial charge in [0.05, 0.1) is 12.0 Å². The number of methoxy groups -OCH3 is 1. The van der Waals surface area contributed by atoms with Gasteiger partial charge in [0.1, 0.15) is 5.75 Å². The first-order valence-electron chi connectivity index (χ1n) is 3.95. The van der Waals surface area contributed by atoms with Crippen molar-refractivity contribution in [2.45, 2.75) is 13.8 Å². The monoisotopic (exact) mass is 196 g/mol. The lowest BCUT2D eigenvalue weighted by atomic mass is 10.2. The van der Waals surface area contributed by atoms with Crippen molar-refractivity contribution in [2.24, 2.45) is 0 Å². The van der Waals surface area contributed by atoms with E-state index in [9.17, 15) is 4.79 Å². The molecular formula is C10H12O2S. The van der Waals surface area contributed by atoms with Gasteiger partial charge in [-0.2, -0.15) is 0 Å². The minimum atomic E-state index is 0.0494. The molecule has 0 spiro atoms. The number of carbonyl (C=O) groups is 1. The van der Waals surface area contributed by atoms with E-state index in [1.165, 1.54) is 11.3 Å². The third-order valence-corrected chi connectivity index (χ3v) is 2.40. The topological polar surface area (TPSA) is 26.3 Å². The van der Waals surface area contributed by atoms with Gasteiger partial charge in [-0.1, -0.05) is 5.57 Å². The summed E-state index contributed by atoms with van der Waals surface area (Å²) in [4.78, 5) is 12.2. The van der Waals surface area contributed by atoms with Gasteiger partial charge in [-0.05, 0) is 19.9 Å². The van der Waals surface area contributed by atoms with Crippen LogP contribution >= 0.6 is 11.3 Å². The Morgan fingerprint density at radius 2 is 2.23 bits per heavy atom. The van der Waals surface area contributed by atoms with Crippen molar-refractivity contribution in [3.05, 3.63) is 28.0 Å². The fourth-order valence-electron chi connectivity index (χ4n) is 0.888. The van der Waals surface area contributed by atoms with Crippen molar-refractivity contribution in [3.63, 3.8) is 0 Å². The largest absolute Gasteiger partial charge is 0.496 e. The van der Waals surface area contributed by atoms with Gasteiger partial charge in [-0.15, -0.1) is 11.3 Å². The van der Waals surface area contributed by atoms with Gasteiger partial charge in [0.25, 0.3) is 0 Å². The smallest absolute Gasteiger partial charge is 0.195 e. The summed E-state index contributed by atoms with van der Waals surface area (Å²) >= 11 is 1.41. The summed E-state index contributed by atoms with van der Waals surface area (Å²) in [6, 6.07) is 1.76. The summed E-state index contributed by atoms with van der Waals surface area (Å²) < 4.78 is 4.99. The number of hydrogen-bond acceptors (Lipinski definition) is 3. The Bertz CT molecular complexity index is 332. The first-order chi connectivity index (χ1) is 6.13. The molecule has 0 atom stereocenters. The molecule has 2 nitrogen and oxygen atoms in total. The second-order valence-corrected chi connectivity index (χ2v) is 3.85. The standard InChI is InChI=1S/C10H12O2S/c1-7(2)4-9(11)10-5-8(12-3)6-13-10/h4-6H,1-3H3. The van der Waals surface area contributed by atoms with Gasteiger partial charge in [0.2, 0.25) is 0 Å². The molecule has 13 heavy (non-hydrogen) atoms. The van der Waals surface area contributed by atoms with Crippen LogP contribution in [0.2, 0.25) is 0 Å². The van der Waals surface area contributed by atoms with Gasteiger partial charge >= 0.3 is 0 Å². The van der Waals surface area contributed by atoms with Crippen LogP contribution in [0.15, 0.2) is 23.1 Å². The molecule has 0 unspecified atom stereocenters. The lowest BCUT2D eigenvalue weighted by molar-refractivity contribution is 0.104. The van der Waals surface area contributed by atoms with Crippen LogP contribution in [-0.4, -0.2) is 12.9 Å². The second kappa shape index (κ2) is 4.23. The molecule has 0 N–H and O–H groups in total. The Balaban J connectivity index is 2.83. The Morgan fingerprint density at radius 3 is 2.69 bits per heavy atom. The predicted molar refractivity (Wildman–Crippen MR) is 54.6 cm³/mol. The van der Waals surface area contributed by atoms with Crippen LogP contribution in [0.3, 0.4) is 0 Å². The zero-order valence-corrected chi connectivity index (χ0v) is 8.77. The highest BCUT2D eigenvalue weighted by atomic mass is 32.1. The highest BCUT2D eigenvalue weighted by Gasteiger charge is 2.06. The number of ether oxygens (including phenoxy) is 1. The summed E-state index contributed by atoms with van der Waals surface area (Å²) in [7, 11) is 1.59. The molecule has 3 heteroatoms.